The SMILES string of the molecule is Oc1cc(Cl)c(-c2cc(Cl)cc(Cl)c2)cc1Cl. The van der Waals surface area contributed by atoms with Crippen molar-refractivity contribution in [1.82, 2.24) is 0 Å². The van der Waals surface area contributed by atoms with Crippen molar-refractivity contribution in [1.29, 1.82) is 0 Å². The van der Waals surface area contributed by atoms with Gasteiger partial charge >= 0.3 is 0 Å². The Morgan fingerprint density at radius 1 is 0.706 bits per heavy atom. The molecule has 0 amide bonds. The average Bonchev–Trinajstić information content (AvgIpc) is 2.22. The lowest BCUT2D eigenvalue weighted by Gasteiger charge is -2.08. The maximum atomic E-state index is 9.41. The van der Waals surface area contributed by atoms with Gasteiger partial charge in [0.15, 0.2) is 0 Å². The number of phenolic OH excluding ortho intramolecular Hbond substituents is 1. The molecule has 88 valence electrons. The molecular weight excluding hydrogens is 302 g/mol. The molecule has 0 aliphatic rings. The van der Waals surface area contributed by atoms with Crippen LogP contribution < -0.4 is 0 Å². The van der Waals surface area contributed by atoms with Gasteiger partial charge < -0.3 is 5.11 Å². The Labute approximate surface area is 118 Å². The molecule has 0 unspecified atom stereocenters. The number of rotatable bonds is 1. The van der Waals surface area contributed by atoms with E-state index in [4.69, 9.17) is 46.4 Å². The second-order valence-corrected chi connectivity index (χ2v) is 5.13. The number of phenols is 1. The molecule has 0 radical (unpaired) electrons. The van der Waals surface area contributed by atoms with Crippen LogP contribution in [0.4, 0.5) is 0 Å². The molecule has 0 atom stereocenters. The zero-order chi connectivity index (χ0) is 12.6. The Hall–Kier alpha value is -0.600. The van der Waals surface area contributed by atoms with Crippen molar-refractivity contribution in [3.8, 4) is 16.9 Å². The summed E-state index contributed by atoms with van der Waals surface area (Å²) in [5, 5.41) is 11.0. The third-order valence-corrected chi connectivity index (χ3v) is 3.26. The lowest BCUT2D eigenvalue weighted by Crippen LogP contribution is -1.82. The van der Waals surface area contributed by atoms with Crippen LogP contribution in [0, 0.1) is 0 Å². The first-order chi connectivity index (χ1) is 7.97. The number of hydrogen-bond donors (Lipinski definition) is 1. The van der Waals surface area contributed by atoms with Gasteiger partial charge in [-0.05, 0) is 29.8 Å². The molecule has 0 saturated carbocycles. The number of halogens is 4. The fourth-order valence-corrected chi connectivity index (χ4v) is 2.42. The first kappa shape index (κ1) is 12.8. The fraction of sp³-hybridized carbons (Fsp3) is 0. The minimum absolute atomic E-state index is 0.0615. The van der Waals surface area contributed by atoms with Crippen LogP contribution in [0.15, 0.2) is 30.3 Å². The Balaban J connectivity index is 2.64. The van der Waals surface area contributed by atoms with Gasteiger partial charge in [-0.25, -0.2) is 0 Å². The molecule has 5 heteroatoms. The quantitative estimate of drug-likeness (QED) is 0.719. The molecule has 2 aromatic rings. The van der Waals surface area contributed by atoms with E-state index >= 15 is 0 Å². The molecule has 0 saturated heterocycles. The van der Waals surface area contributed by atoms with Gasteiger partial charge in [0.05, 0.1) is 10.0 Å². The number of aromatic hydroxyl groups is 1. The van der Waals surface area contributed by atoms with Crippen molar-refractivity contribution in [2.45, 2.75) is 0 Å². The Morgan fingerprint density at radius 2 is 1.29 bits per heavy atom. The molecule has 0 heterocycles. The molecule has 0 aliphatic heterocycles. The summed E-state index contributed by atoms with van der Waals surface area (Å²) in [6, 6.07) is 8.03. The molecule has 0 aliphatic carbocycles. The lowest BCUT2D eigenvalue weighted by atomic mass is 10.1. The van der Waals surface area contributed by atoms with Gasteiger partial charge in [-0.3, -0.25) is 0 Å². The summed E-state index contributed by atoms with van der Waals surface area (Å²) >= 11 is 23.7. The second kappa shape index (κ2) is 4.95. The average molecular weight is 308 g/mol. The lowest BCUT2D eigenvalue weighted by molar-refractivity contribution is 0.475. The van der Waals surface area contributed by atoms with Gasteiger partial charge in [-0.2, -0.15) is 0 Å². The van der Waals surface area contributed by atoms with E-state index in [9.17, 15) is 5.11 Å². The van der Waals surface area contributed by atoms with E-state index in [-0.39, 0.29) is 10.8 Å². The summed E-state index contributed by atoms with van der Waals surface area (Å²) in [6.45, 7) is 0. The van der Waals surface area contributed by atoms with Crippen LogP contribution in [0.2, 0.25) is 20.1 Å². The van der Waals surface area contributed by atoms with E-state index in [0.717, 1.165) is 5.56 Å². The van der Waals surface area contributed by atoms with Gasteiger partial charge in [-0.15, -0.1) is 0 Å². The Kier molecular flexibility index (Phi) is 3.74. The number of benzene rings is 2. The predicted octanol–water partition coefficient (Wildman–Crippen LogP) is 5.67. The topological polar surface area (TPSA) is 20.2 Å². The standard InChI is InChI=1S/C12H6Cl4O/c13-7-1-6(2-8(14)3-7)9-4-11(16)12(17)5-10(9)15/h1-5,17H. The zero-order valence-electron chi connectivity index (χ0n) is 8.35. The normalized spacial score (nSPS) is 10.6. The van der Waals surface area contributed by atoms with Crippen LogP contribution in [0.3, 0.4) is 0 Å². The molecule has 1 N–H and O–H groups in total. The van der Waals surface area contributed by atoms with Crippen LogP contribution in [0.1, 0.15) is 0 Å². The van der Waals surface area contributed by atoms with Crippen LogP contribution in [0.5, 0.6) is 5.75 Å². The highest BCUT2D eigenvalue weighted by Gasteiger charge is 2.09. The minimum Gasteiger partial charge on any atom is -0.506 e. The van der Waals surface area contributed by atoms with Gasteiger partial charge in [0.25, 0.3) is 0 Å². The van der Waals surface area contributed by atoms with Crippen molar-refractivity contribution >= 4 is 46.4 Å². The van der Waals surface area contributed by atoms with Gasteiger partial charge in [0.2, 0.25) is 0 Å². The van der Waals surface area contributed by atoms with Crippen molar-refractivity contribution in [2.24, 2.45) is 0 Å². The van der Waals surface area contributed by atoms with E-state index in [1.54, 1.807) is 24.3 Å². The van der Waals surface area contributed by atoms with Gasteiger partial charge in [0.1, 0.15) is 5.75 Å². The van der Waals surface area contributed by atoms with Crippen LogP contribution in [0.25, 0.3) is 11.1 Å². The molecule has 2 aromatic carbocycles. The van der Waals surface area contributed by atoms with E-state index < -0.39 is 0 Å². The van der Waals surface area contributed by atoms with Gasteiger partial charge in [0, 0.05) is 21.7 Å². The third-order valence-electron chi connectivity index (χ3n) is 2.21. The molecule has 0 fully saturated rings. The molecule has 0 aromatic heterocycles. The predicted molar refractivity (Wildman–Crippen MR) is 73.6 cm³/mol. The molecular formula is C12H6Cl4O. The molecule has 0 bridgehead atoms. The van der Waals surface area contributed by atoms with Crippen molar-refractivity contribution in [3.63, 3.8) is 0 Å². The van der Waals surface area contributed by atoms with E-state index in [1.807, 2.05) is 0 Å². The molecule has 17 heavy (non-hydrogen) atoms. The van der Waals surface area contributed by atoms with E-state index in [0.29, 0.717) is 20.6 Å². The van der Waals surface area contributed by atoms with Crippen molar-refractivity contribution in [2.75, 3.05) is 0 Å². The highest BCUT2D eigenvalue weighted by molar-refractivity contribution is 6.37. The van der Waals surface area contributed by atoms with Crippen molar-refractivity contribution in [3.05, 3.63) is 50.4 Å². The summed E-state index contributed by atoms with van der Waals surface area (Å²) in [7, 11) is 0. The summed E-state index contributed by atoms with van der Waals surface area (Å²) in [4.78, 5) is 0. The summed E-state index contributed by atoms with van der Waals surface area (Å²) in [5.41, 5.74) is 1.41. The largest absolute Gasteiger partial charge is 0.506 e. The Bertz CT molecular complexity index is 561. The molecule has 1 nitrogen and oxygen atoms in total. The zero-order valence-corrected chi connectivity index (χ0v) is 11.4. The van der Waals surface area contributed by atoms with Crippen molar-refractivity contribution < 1.29 is 5.11 Å². The maximum absolute atomic E-state index is 9.41. The fourth-order valence-electron chi connectivity index (χ4n) is 1.47. The smallest absolute Gasteiger partial charge is 0.135 e. The van der Waals surface area contributed by atoms with Crippen LogP contribution >= 0.6 is 46.4 Å². The minimum atomic E-state index is -0.0615. The summed E-state index contributed by atoms with van der Waals surface area (Å²) in [5.74, 6) is -0.0615. The highest BCUT2D eigenvalue weighted by atomic mass is 35.5. The van der Waals surface area contributed by atoms with Crippen LogP contribution in [-0.2, 0) is 0 Å². The Morgan fingerprint density at radius 3 is 1.88 bits per heavy atom. The van der Waals surface area contributed by atoms with Crippen LogP contribution in [-0.4, -0.2) is 5.11 Å². The number of hydrogen-bond acceptors (Lipinski definition) is 1. The summed E-state index contributed by atoms with van der Waals surface area (Å²) < 4.78 is 0. The van der Waals surface area contributed by atoms with Gasteiger partial charge in [-0.1, -0.05) is 46.4 Å². The monoisotopic (exact) mass is 306 g/mol. The first-order valence-corrected chi connectivity index (χ1v) is 6.13. The molecule has 2 rings (SSSR count). The third kappa shape index (κ3) is 2.80. The van der Waals surface area contributed by atoms with E-state index in [1.165, 1.54) is 6.07 Å². The highest BCUT2D eigenvalue weighted by Crippen LogP contribution is 2.37. The molecule has 0 spiro atoms. The van der Waals surface area contributed by atoms with E-state index in [2.05, 4.69) is 0 Å². The second-order valence-electron chi connectivity index (χ2n) is 3.44. The maximum Gasteiger partial charge on any atom is 0.135 e. The summed E-state index contributed by atoms with van der Waals surface area (Å²) in [6.07, 6.45) is 0. The first-order valence-electron chi connectivity index (χ1n) is 4.62.